The highest BCUT2D eigenvalue weighted by molar-refractivity contribution is 6.34. The average Bonchev–Trinajstić information content (AvgIpc) is 3.23. The quantitative estimate of drug-likeness (QED) is 0.363. The van der Waals surface area contributed by atoms with Gasteiger partial charge in [0.05, 0.1) is 17.2 Å². The van der Waals surface area contributed by atoms with Gasteiger partial charge in [0.25, 0.3) is 0 Å². The molecule has 1 aliphatic carbocycles. The van der Waals surface area contributed by atoms with Crippen LogP contribution in [0.25, 0.3) is 0 Å². The zero-order valence-electron chi connectivity index (χ0n) is 10.8. The number of halogens is 1. The zero-order chi connectivity index (χ0) is 13.8. The molecule has 0 aliphatic heterocycles. The standard InChI is InChI=1S/C13H18ClN3O2/c1-19-8-7-17(9-5-6-9)11-4-2-3-10(14)12(11)13(15)16-18/h2-4,9,18H,5-8H2,1H3,(H2,15,16). The molecule has 5 nitrogen and oxygen atoms in total. The third kappa shape index (κ3) is 3.11. The number of hydrogen-bond acceptors (Lipinski definition) is 4. The van der Waals surface area contributed by atoms with Crippen LogP contribution in [-0.4, -0.2) is 37.3 Å². The Morgan fingerprint density at radius 1 is 1.58 bits per heavy atom. The van der Waals surface area contributed by atoms with Gasteiger partial charge >= 0.3 is 0 Å². The van der Waals surface area contributed by atoms with E-state index in [1.165, 1.54) is 0 Å². The van der Waals surface area contributed by atoms with Crippen LogP contribution in [0.4, 0.5) is 5.69 Å². The molecule has 1 fully saturated rings. The van der Waals surface area contributed by atoms with E-state index in [1.807, 2.05) is 12.1 Å². The summed E-state index contributed by atoms with van der Waals surface area (Å²) in [6.45, 7) is 1.38. The average molecular weight is 284 g/mol. The third-order valence-corrected chi connectivity index (χ3v) is 3.50. The van der Waals surface area contributed by atoms with Crippen LogP contribution < -0.4 is 10.6 Å². The van der Waals surface area contributed by atoms with Crippen molar-refractivity contribution in [2.75, 3.05) is 25.2 Å². The lowest BCUT2D eigenvalue weighted by Gasteiger charge is -2.27. The van der Waals surface area contributed by atoms with Gasteiger partial charge in [-0.2, -0.15) is 0 Å². The van der Waals surface area contributed by atoms with Crippen LogP contribution in [0.5, 0.6) is 0 Å². The van der Waals surface area contributed by atoms with Crippen molar-refractivity contribution in [2.24, 2.45) is 10.9 Å². The summed E-state index contributed by atoms with van der Waals surface area (Å²) in [5.41, 5.74) is 7.21. The second-order valence-electron chi connectivity index (χ2n) is 4.54. The molecule has 0 aromatic heterocycles. The number of hydrogen-bond donors (Lipinski definition) is 2. The number of anilines is 1. The molecule has 6 heteroatoms. The monoisotopic (exact) mass is 283 g/mol. The molecule has 1 aliphatic rings. The Bertz CT molecular complexity index is 475. The molecule has 0 atom stereocenters. The fourth-order valence-electron chi connectivity index (χ4n) is 2.13. The van der Waals surface area contributed by atoms with Gasteiger partial charge in [-0.1, -0.05) is 22.8 Å². The summed E-state index contributed by atoms with van der Waals surface area (Å²) in [5.74, 6) is 0.0312. The fraction of sp³-hybridized carbons (Fsp3) is 0.462. The van der Waals surface area contributed by atoms with E-state index in [0.29, 0.717) is 23.2 Å². The molecule has 3 N–H and O–H groups in total. The van der Waals surface area contributed by atoms with E-state index in [-0.39, 0.29) is 5.84 Å². The summed E-state index contributed by atoms with van der Waals surface area (Å²) in [4.78, 5) is 2.21. The molecule has 2 rings (SSSR count). The van der Waals surface area contributed by atoms with Crippen molar-refractivity contribution in [1.82, 2.24) is 0 Å². The van der Waals surface area contributed by atoms with Gasteiger partial charge in [0, 0.05) is 25.4 Å². The van der Waals surface area contributed by atoms with Crippen LogP contribution in [0.15, 0.2) is 23.4 Å². The van der Waals surface area contributed by atoms with E-state index in [0.717, 1.165) is 25.1 Å². The Morgan fingerprint density at radius 3 is 2.89 bits per heavy atom. The molecule has 19 heavy (non-hydrogen) atoms. The summed E-state index contributed by atoms with van der Waals surface area (Å²) in [7, 11) is 1.67. The van der Waals surface area contributed by atoms with Crippen molar-refractivity contribution in [2.45, 2.75) is 18.9 Å². The molecular weight excluding hydrogens is 266 g/mol. The van der Waals surface area contributed by atoms with E-state index < -0.39 is 0 Å². The third-order valence-electron chi connectivity index (χ3n) is 3.19. The summed E-state index contributed by atoms with van der Waals surface area (Å²) in [6, 6.07) is 6.03. The number of oxime groups is 1. The SMILES string of the molecule is COCCN(c1cccc(Cl)c1C(N)=NO)C1CC1. The lowest BCUT2D eigenvalue weighted by molar-refractivity contribution is 0.205. The molecule has 0 amide bonds. The number of methoxy groups -OCH3 is 1. The first kappa shape index (κ1) is 14.0. The molecule has 1 aromatic rings. The van der Waals surface area contributed by atoms with E-state index >= 15 is 0 Å². The van der Waals surface area contributed by atoms with Crippen molar-refractivity contribution in [3.05, 3.63) is 28.8 Å². The minimum Gasteiger partial charge on any atom is -0.409 e. The normalized spacial score (nSPS) is 15.6. The second kappa shape index (κ2) is 6.12. The topological polar surface area (TPSA) is 71.1 Å². The lowest BCUT2D eigenvalue weighted by atomic mass is 10.1. The molecule has 1 aromatic carbocycles. The molecule has 0 bridgehead atoms. The smallest absolute Gasteiger partial charge is 0.173 e. The van der Waals surface area contributed by atoms with Crippen LogP contribution in [0.2, 0.25) is 5.02 Å². The molecule has 1 saturated carbocycles. The van der Waals surface area contributed by atoms with Gasteiger partial charge in [0.15, 0.2) is 5.84 Å². The van der Waals surface area contributed by atoms with Gasteiger partial charge in [0.2, 0.25) is 0 Å². The second-order valence-corrected chi connectivity index (χ2v) is 4.94. The van der Waals surface area contributed by atoms with E-state index in [9.17, 15) is 0 Å². The molecular formula is C13H18ClN3O2. The predicted octanol–water partition coefficient (Wildman–Crippen LogP) is 2.05. The Kier molecular flexibility index (Phi) is 4.50. The highest BCUT2D eigenvalue weighted by Gasteiger charge is 2.31. The number of benzene rings is 1. The molecule has 0 spiro atoms. The highest BCUT2D eigenvalue weighted by atomic mass is 35.5. The van der Waals surface area contributed by atoms with Crippen molar-refractivity contribution in [1.29, 1.82) is 0 Å². The van der Waals surface area contributed by atoms with Gasteiger partial charge in [-0.15, -0.1) is 0 Å². The Hall–Kier alpha value is -1.46. The first-order valence-corrected chi connectivity index (χ1v) is 6.58. The number of nitrogens with two attached hydrogens (primary N) is 1. The number of amidine groups is 1. The van der Waals surface area contributed by atoms with Gasteiger partial charge in [-0.3, -0.25) is 0 Å². The number of rotatable bonds is 6. The van der Waals surface area contributed by atoms with Crippen molar-refractivity contribution >= 4 is 23.1 Å². The largest absolute Gasteiger partial charge is 0.409 e. The van der Waals surface area contributed by atoms with Crippen LogP contribution in [0.1, 0.15) is 18.4 Å². The first-order chi connectivity index (χ1) is 9.19. The highest BCUT2D eigenvalue weighted by Crippen LogP contribution is 2.35. The summed E-state index contributed by atoms with van der Waals surface area (Å²) in [6.07, 6.45) is 2.29. The molecule has 0 radical (unpaired) electrons. The first-order valence-electron chi connectivity index (χ1n) is 6.21. The Morgan fingerprint density at radius 2 is 2.32 bits per heavy atom. The summed E-state index contributed by atoms with van der Waals surface area (Å²) < 4.78 is 5.14. The molecule has 0 heterocycles. The predicted molar refractivity (Wildman–Crippen MR) is 76.2 cm³/mol. The Labute approximate surface area is 117 Å². The maximum Gasteiger partial charge on any atom is 0.173 e. The summed E-state index contributed by atoms with van der Waals surface area (Å²) in [5, 5.41) is 12.5. The van der Waals surface area contributed by atoms with E-state index in [1.54, 1.807) is 13.2 Å². The maximum atomic E-state index is 8.91. The van der Waals surface area contributed by atoms with Gasteiger partial charge < -0.3 is 20.6 Å². The lowest BCUT2D eigenvalue weighted by Crippen LogP contribution is -2.32. The minimum atomic E-state index is 0.0312. The van der Waals surface area contributed by atoms with Crippen molar-refractivity contribution in [3.8, 4) is 0 Å². The van der Waals surface area contributed by atoms with Crippen molar-refractivity contribution in [3.63, 3.8) is 0 Å². The number of ether oxygens (including phenoxy) is 1. The van der Waals surface area contributed by atoms with Gasteiger partial charge in [0.1, 0.15) is 0 Å². The maximum absolute atomic E-state index is 8.91. The zero-order valence-corrected chi connectivity index (χ0v) is 11.6. The van der Waals surface area contributed by atoms with Crippen molar-refractivity contribution < 1.29 is 9.94 Å². The van der Waals surface area contributed by atoms with Crippen LogP contribution in [0.3, 0.4) is 0 Å². The van der Waals surface area contributed by atoms with Gasteiger partial charge in [-0.05, 0) is 25.0 Å². The van der Waals surface area contributed by atoms with Crippen LogP contribution >= 0.6 is 11.6 Å². The van der Waals surface area contributed by atoms with Gasteiger partial charge in [-0.25, -0.2) is 0 Å². The fourth-order valence-corrected chi connectivity index (χ4v) is 2.40. The van der Waals surface area contributed by atoms with Crippen LogP contribution in [-0.2, 0) is 4.74 Å². The minimum absolute atomic E-state index is 0.0312. The molecule has 0 saturated heterocycles. The van der Waals surface area contributed by atoms with Crippen LogP contribution in [0, 0.1) is 0 Å². The Balaban J connectivity index is 2.38. The van der Waals surface area contributed by atoms with E-state index in [4.69, 9.17) is 27.3 Å². The summed E-state index contributed by atoms with van der Waals surface area (Å²) >= 11 is 6.18. The number of nitrogens with zero attached hydrogens (tertiary/aromatic N) is 2. The molecule has 0 unspecified atom stereocenters. The molecule has 104 valence electrons. The van der Waals surface area contributed by atoms with E-state index in [2.05, 4.69) is 10.1 Å².